The minimum atomic E-state index is -0.176. The summed E-state index contributed by atoms with van der Waals surface area (Å²) in [4.78, 5) is 33.3. The summed E-state index contributed by atoms with van der Waals surface area (Å²) < 4.78 is 0. The molecule has 0 saturated carbocycles. The lowest BCUT2D eigenvalue weighted by atomic mass is 10.1. The first-order chi connectivity index (χ1) is 12.6. The van der Waals surface area contributed by atoms with Crippen molar-refractivity contribution in [3.63, 3.8) is 0 Å². The van der Waals surface area contributed by atoms with Crippen molar-refractivity contribution < 1.29 is 9.59 Å². The molecule has 1 saturated heterocycles. The van der Waals surface area contributed by atoms with E-state index in [1.807, 2.05) is 42.2 Å². The third-order valence-electron chi connectivity index (χ3n) is 4.75. The molecule has 3 rings (SSSR count). The van der Waals surface area contributed by atoms with E-state index in [1.54, 1.807) is 17.0 Å². The zero-order chi connectivity index (χ0) is 18.5. The van der Waals surface area contributed by atoms with E-state index >= 15 is 0 Å². The molecule has 1 aromatic carbocycles. The maximum absolute atomic E-state index is 12.8. The van der Waals surface area contributed by atoms with Crippen molar-refractivity contribution in [1.29, 1.82) is 0 Å². The van der Waals surface area contributed by atoms with Crippen LogP contribution < -0.4 is 5.73 Å². The highest BCUT2D eigenvalue weighted by atomic mass is 16.2. The van der Waals surface area contributed by atoms with Gasteiger partial charge in [0.05, 0.1) is 0 Å². The van der Waals surface area contributed by atoms with Crippen molar-refractivity contribution >= 4 is 17.5 Å². The largest absolute Gasteiger partial charge is 0.399 e. The van der Waals surface area contributed by atoms with Crippen molar-refractivity contribution in [3.05, 3.63) is 59.9 Å². The molecule has 0 spiro atoms. The molecule has 1 aliphatic heterocycles. The molecule has 1 fully saturated rings. The number of anilines is 1. The van der Waals surface area contributed by atoms with Crippen LogP contribution in [0.3, 0.4) is 0 Å². The Kier molecular flexibility index (Phi) is 5.51. The Bertz CT molecular complexity index is 778. The average molecular weight is 352 g/mol. The monoisotopic (exact) mass is 352 g/mol. The molecule has 0 bridgehead atoms. The molecule has 6 nitrogen and oxygen atoms in total. The minimum Gasteiger partial charge on any atom is -0.399 e. The van der Waals surface area contributed by atoms with Crippen LogP contribution in [-0.4, -0.2) is 45.7 Å². The number of hydrogen-bond acceptors (Lipinski definition) is 4. The first kappa shape index (κ1) is 17.9. The van der Waals surface area contributed by atoms with Crippen molar-refractivity contribution in [1.82, 2.24) is 14.8 Å². The lowest BCUT2D eigenvalue weighted by molar-refractivity contribution is -0.133. The summed E-state index contributed by atoms with van der Waals surface area (Å²) in [6.45, 7) is 3.51. The summed E-state index contributed by atoms with van der Waals surface area (Å²) in [5.74, 6) is -0.0957. The first-order valence-corrected chi connectivity index (χ1v) is 8.92. The molecule has 26 heavy (non-hydrogen) atoms. The van der Waals surface area contributed by atoms with E-state index in [-0.39, 0.29) is 17.9 Å². The van der Waals surface area contributed by atoms with Gasteiger partial charge in [-0.1, -0.05) is 37.3 Å². The van der Waals surface area contributed by atoms with E-state index in [1.165, 1.54) is 6.20 Å². The molecular weight excluding hydrogens is 328 g/mol. The van der Waals surface area contributed by atoms with Crippen molar-refractivity contribution in [2.45, 2.75) is 32.4 Å². The second kappa shape index (κ2) is 7.99. The number of pyridine rings is 1. The van der Waals surface area contributed by atoms with Gasteiger partial charge in [-0.3, -0.25) is 14.6 Å². The number of amides is 2. The second-order valence-electron chi connectivity index (χ2n) is 6.54. The SMILES string of the molecule is CCC1CN(C(=O)c2cc(N)ccn2)CCC(=O)N1Cc1ccccc1. The number of carbonyl (C=O) groups excluding carboxylic acids is 2. The average Bonchev–Trinajstić information content (AvgIpc) is 2.81. The number of nitrogen functional groups attached to an aromatic ring is 1. The van der Waals surface area contributed by atoms with E-state index in [0.717, 1.165) is 12.0 Å². The molecule has 1 aromatic heterocycles. The Balaban J connectivity index is 1.78. The molecule has 6 heteroatoms. The number of carbonyl (C=O) groups is 2. The normalized spacial score (nSPS) is 17.9. The number of nitrogens with two attached hydrogens (primary N) is 1. The van der Waals surface area contributed by atoms with E-state index < -0.39 is 0 Å². The summed E-state index contributed by atoms with van der Waals surface area (Å²) >= 11 is 0. The lowest BCUT2D eigenvalue weighted by Gasteiger charge is -2.31. The molecule has 136 valence electrons. The minimum absolute atomic E-state index is 0.0183. The number of aromatic nitrogens is 1. The van der Waals surface area contributed by atoms with E-state index in [9.17, 15) is 9.59 Å². The fourth-order valence-corrected chi connectivity index (χ4v) is 3.28. The molecular formula is C20H24N4O2. The molecule has 2 amide bonds. The van der Waals surface area contributed by atoms with Gasteiger partial charge in [-0.05, 0) is 24.1 Å². The predicted molar refractivity (Wildman–Crippen MR) is 100 cm³/mol. The molecule has 0 aliphatic carbocycles. The van der Waals surface area contributed by atoms with Gasteiger partial charge in [-0.15, -0.1) is 0 Å². The van der Waals surface area contributed by atoms with Gasteiger partial charge in [0.2, 0.25) is 5.91 Å². The van der Waals surface area contributed by atoms with E-state index in [4.69, 9.17) is 5.73 Å². The molecule has 0 radical (unpaired) electrons. The van der Waals surface area contributed by atoms with Gasteiger partial charge in [0.15, 0.2) is 0 Å². The number of rotatable bonds is 4. The van der Waals surface area contributed by atoms with Crippen LogP contribution in [0.5, 0.6) is 0 Å². The van der Waals surface area contributed by atoms with Crippen LogP contribution in [0.4, 0.5) is 5.69 Å². The molecule has 2 heterocycles. The fourth-order valence-electron chi connectivity index (χ4n) is 3.28. The van der Waals surface area contributed by atoms with Crippen LogP contribution in [0.1, 0.15) is 35.8 Å². The fraction of sp³-hybridized carbons (Fsp3) is 0.350. The molecule has 1 atom stereocenters. The quantitative estimate of drug-likeness (QED) is 0.916. The predicted octanol–water partition coefficient (Wildman–Crippen LogP) is 2.32. The summed E-state index contributed by atoms with van der Waals surface area (Å²) in [7, 11) is 0. The topological polar surface area (TPSA) is 79.5 Å². The van der Waals surface area contributed by atoms with Crippen LogP contribution in [0.15, 0.2) is 48.7 Å². The third-order valence-corrected chi connectivity index (χ3v) is 4.75. The van der Waals surface area contributed by atoms with Crippen LogP contribution >= 0.6 is 0 Å². The van der Waals surface area contributed by atoms with Gasteiger partial charge in [0.25, 0.3) is 5.91 Å². The maximum atomic E-state index is 12.8. The lowest BCUT2D eigenvalue weighted by Crippen LogP contribution is -2.43. The number of benzene rings is 1. The van der Waals surface area contributed by atoms with Crippen LogP contribution in [0.25, 0.3) is 0 Å². The van der Waals surface area contributed by atoms with Crippen LogP contribution in [0.2, 0.25) is 0 Å². The molecule has 1 unspecified atom stereocenters. The van der Waals surface area contributed by atoms with Crippen LogP contribution in [-0.2, 0) is 11.3 Å². The zero-order valence-electron chi connectivity index (χ0n) is 15.0. The Morgan fingerprint density at radius 2 is 2.04 bits per heavy atom. The maximum Gasteiger partial charge on any atom is 0.272 e. The van der Waals surface area contributed by atoms with Gasteiger partial charge in [0.1, 0.15) is 5.69 Å². The summed E-state index contributed by atoms with van der Waals surface area (Å²) in [5, 5.41) is 0. The van der Waals surface area contributed by atoms with Crippen molar-refractivity contribution in [2.75, 3.05) is 18.8 Å². The van der Waals surface area contributed by atoms with Gasteiger partial charge in [0, 0.05) is 44.0 Å². The Morgan fingerprint density at radius 1 is 1.27 bits per heavy atom. The highest BCUT2D eigenvalue weighted by Crippen LogP contribution is 2.19. The Labute approximate surface area is 153 Å². The highest BCUT2D eigenvalue weighted by molar-refractivity contribution is 5.93. The van der Waals surface area contributed by atoms with Crippen molar-refractivity contribution in [3.8, 4) is 0 Å². The van der Waals surface area contributed by atoms with Crippen molar-refractivity contribution in [2.24, 2.45) is 0 Å². The Morgan fingerprint density at radius 3 is 2.73 bits per heavy atom. The third kappa shape index (κ3) is 4.02. The molecule has 2 aromatic rings. The second-order valence-corrected chi connectivity index (χ2v) is 6.54. The van der Waals surface area contributed by atoms with Gasteiger partial charge in [-0.25, -0.2) is 0 Å². The first-order valence-electron chi connectivity index (χ1n) is 8.92. The van der Waals surface area contributed by atoms with Crippen LogP contribution in [0, 0.1) is 0 Å². The number of hydrogen-bond donors (Lipinski definition) is 1. The standard InChI is InChI=1S/C20H24N4O2/c1-2-17-14-23(20(26)18-12-16(21)8-10-22-18)11-9-19(25)24(17)13-15-6-4-3-5-7-15/h3-8,10,12,17H,2,9,11,13-14H2,1H3,(H2,21,22). The van der Waals surface area contributed by atoms with Gasteiger partial charge >= 0.3 is 0 Å². The van der Waals surface area contributed by atoms with Gasteiger partial charge < -0.3 is 15.5 Å². The van der Waals surface area contributed by atoms with E-state index in [2.05, 4.69) is 4.98 Å². The van der Waals surface area contributed by atoms with Gasteiger partial charge in [-0.2, -0.15) is 0 Å². The molecule has 1 aliphatic rings. The zero-order valence-corrected chi connectivity index (χ0v) is 15.0. The molecule has 2 N–H and O–H groups in total. The highest BCUT2D eigenvalue weighted by Gasteiger charge is 2.31. The Hall–Kier alpha value is -2.89. The summed E-state index contributed by atoms with van der Waals surface area (Å²) in [6.07, 6.45) is 2.63. The smallest absolute Gasteiger partial charge is 0.272 e. The summed E-state index contributed by atoms with van der Waals surface area (Å²) in [5.41, 5.74) is 7.69. The summed E-state index contributed by atoms with van der Waals surface area (Å²) in [6, 6.07) is 13.2. The van der Waals surface area contributed by atoms with E-state index in [0.29, 0.717) is 37.4 Å². The number of nitrogens with zero attached hydrogens (tertiary/aromatic N) is 3.